The van der Waals surface area contributed by atoms with Crippen molar-refractivity contribution in [1.82, 2.24) is 15.0 Å². The van der Waals surface area contributed by atoms with Crippen molar-refractivity contribution in [2.45, 2.75) is 4.90 Å². The van der Waals surface area contributed by atoms with E-state index in [0.717, 1.165) is 36.4 Å². The van der Waals surface area contributed by atoms with Crippen LogP contribution in [0.3, 0.4) is 0 Å². The number of aromatic amines is 1. The number of carbonyl (C=O) groups excluding carboxylic acids is 1. The lowest BCUT2D eigenvalue weighted by Crippen LogP contribution is -2.16. The van der Waals surface area contributed by atoms with Gasteiger partial charge in [-0.05, 0) is 55.1 Å². The lowest BCUT2D eigenvalue weighted by atomic mass is 10.00. The second-order valence-electron chi connectivity index (χ2n) is 9.06. The Hall–Kier alpha value is -5.76. The maximum atomic E-state index is 15.5. The summed E-state index contributed by atoms with van der Waals surface area (Å²) >= 11 is 0. The Morgan fingerprint density at radius 3 is 2.64 bits per heavy atom. The van der Waals surface area contributed by atoms with Gasteiger partial charge in [0.25, 0.3) is 10.0 Å². The molecule has 0 unspecified atom stereocenters. The first-order chi connectivity index (χ1) is 21.1. The lowest BCUT2D eigenvalue weighted by molar-refractivity contribution is 0.103. The fourth-order valence-corrected chi connectivity index (χ4v) is 5.18. The van der Waals surface area contributed by atoms with Crippen LogP contribution >= 0.6 is 0 Å². The second kappa shape index (κ2) is 12.2. The molecule has 3 heterocycles. The molecule has 222 valence electrons. The fraction of sp³-hybridized carbons (Fsp3) is 0. The summed E-state index contributed by atoms with van der Waals surface area (Å²) in [5.74, 6) is -4.18. The summed E-state index contributed by atoms with van der Waals surface area (Å²) in [7, 11) is -4.48. The number of nitrogens with zero attached hydrogens (tertiary/aromatic N) is 3. The third kappa shape index (κ3) is 6.19. The van der Waals surface area contributed by atoms with E-state index in [1.807, 2.05) is 4.72 Å². The number of ketones is 1. The van der Waals surface area contributed by atoms with Crippen LogP contribution in [0.15, 0.2) is 108 Å². The molecule has 0 saturated carbocycles. The monoisotopic (exact) mass is 618 g/mol. The van der Waals surface area contributed by atoms with Crippen molar-refractivity contribution in [3.05, 3.63) is 132 Å². The molecule has 0 fully saturated rings. The standard InChI is InChI=1S/C30H21F3N6O4S/c1-17(43-21-5-3-9-35-15-21)36-14-19(12-34)18-10-23-24(16-38-30(23)37-13-18)29(40)27-25(32)7-8-26(28(27)33)39-44(41,42)22-6-2-4-20(31)11-22/h2-16,39H,1,34H2,(H,37,38)/b19-12+,36-14?. The van der Waals surface area contributed by atoms with Crippen LogP contribution < -0.4 is 15.2 Å². The number of aromatic nitrogens is 3. The van der Waals surface area contributed by atoms with Crippen molar-refractivity contribution in [2.75, 3.05) is 4.72 Å². The first-order valence-electron chi connectivity index (χ1n) is 12.6. The molecule has 4 N–H and O–H groups in total. The van der Waals surface area contributed by atoms with Gasteiger partial charge >= 0.3 is 0 Å². The van der Waals surface area contributed by atoms with E-state index in [2.05, 4.69) is 26.5 Å². The fourth-order valence-electron chi connectivity index (χ4n) is 4.09. The summed E-state index contributed by atoms with van der Waals surface area (Å²) in [6, 6.07) is 10.4. The Labute approximate surface area is 248 Å². The van der Waals surface area contributed by atoms with Crippen LogP contribution in [0, 0.1) is 17.5 Å². The zero-order valence-corrected chi connectivity index (χ0v) is 23.3. The van der Waals surface area contributed by atoms with Gasteiger partial charge in [0.2, 0.25) is 11.7 Å². The number of nitrogens with one attached hydrogen (secondary N) is 2. The van der Waals surface area contributed by atoms with Gasteiger partial charge in [-0.25, -0.2) is 31.6 Å². The molecule has 44 heavy (non-hydrogen) atoms. The molecule has 10 nitrogen and oxygen atoms in total. The van der Waals surface area contributed by atoms with E-state index >= 15 is 4.39 Å². The molecule has 3 aromatic heterocycles. The number of halogens is 3. The van der Waals surface area contributed by atoms with E-state index in [9.17, 15) is 22.0 Å². The molecule has 2 aromatic carbocycles. The van der Waals surface area contributed by atoms with E-state index in [1.165, 1.54) is 37.1 Å². The highest BCUT2D eigenvalue weighted by molar-refractivity contribution is 7.92. The zero-order chi connectivity index (χ0) is 31.4. The molecule has 5 aromatic rings. The molecule has 14 heteroatoms. The van der Waals surface area contributed by atoms with E-state index in [4.69, 9.17) is 10.5 Å². The average molecular weight is 619 g/mol. The van der Waals surface area contributed by atoms with Crippen LogP contribution in [0.2, 0.25) is 0 Å². The van der Waals surface area contributed by atoms with Gasteiger partial charge in [0, 0.05) is 53.1 Å². The molecule has 0 radical (unpaired) electrons. The zero-order valence-electron chi connectivity index (χ0n) is 22.5. The highest BCUT2D eigenvalue weighted by Crippen LogP contribution is 2.29. The molecular formula is C30H21F3N6O4S. The summed E-state index contributed by atoms with van der Waals surface area (Å²) in [6.07, 6.45) is 8.28. The highest BCUT2D eigenvalue weighted by Gasteiger charge is 2.26. The van der Waals surface area contributed by atoms with Gasteiger partial charge in [-0.15, -0.1) is 0 Å². The maximum absolute atomic E-state index is 15.5. The van der Waals surface area contributed by atoms with Gasteiger partial charge in [0.1, 0.15) is 23.0 Å². The van der Waals surface area contributed by atoms with Crippen LogP contribution in [0.4, 0.5) is 18.9 Å². The molecule has 0 aliphatic carbocycles. The third-order valence-electron chi connectivity index (χ3n) is 6.18. The van der Waals surface area contributed by atoms with Gasteiger partial charge in [-0.3, -0.25) is 14.5 Å². The number of nitrogens with two attached hydrogens (primary N) is 1. The van der Waals surface area contributed by atoms with Gasteiger partial charge in [0.15, 0.2) is 5.82 Å². The van der Waals surface area contributed by atoms with Gasteiger partial charge in [-0.2, -0.15) is 0 Å². The van der Waals surface area contributed by atoms with E-state index in [1.54, 1.807) is 18.3 Å². The molecule has 0 spiro atoms. The molecule has 0 aliphatic rings. The Balaban J connectivity index is 1.44. The number of H-pyrrole nitrogens is 1. The predicted octanol–water partition coefficient (Wildman–Crippen LogP) is 5.33. The second-order valence-corrected chi connectivity index (χ2v) is 10.7. The van der Waals surface area contributed by atoms with E-state index < -0.39 is 49.4 Å². The molecule has 5 rings (SSSR count). The number of carbonyl (C=O) groups is 1. The Morgan fingerprint density at radius 2 is 1.91 bits per heavy atom. The van der Waals surface area contributed by atoms with Crippen molar-refractivity contribution in [3.8, 4) is 5.75 Å². The number of rotatable bonds is 10. The topological polar surface area (TPSA) is 152 Å². The summed E-state index contributed by atoms with van der Waals surface area (Å²) < 4.78 is 76.9. The molecule has 0 bridgehead atoms. The number of hydrogen-bond donors (Lipinski definition) is 3. The number of pyridine rings is 2. The highest BCUT2D eigenvalue weighted by atomic mass is 32.2. The summed E-state index contributed by atoms with van der Waals surface area (Å²) in [6.45, 7) is 3.72. The number of anilines is 1. The van der Waals surface area contributed by atoms with Crippen LogP contribution in [-0.4, -0.2) is 35.4 Å². The predicted molar refractivity (Wildman–Crippen MR) is 158 cm³/mol. The van der Waals surface area contributed by atoms with Crippen LogP contribution in [0.1, 0.15) is 21.5 Å². The van der Waals surface area contributed by atoms with E-state index in [0.29, 0.717) is 16.9 Å². The largest absolute Gasteiger partial charge is 0.438 e. The van der Waals surface area contributed by atoms with Crippen molar-refractivity contribution < 1.29 is 31.1 Å². The Kier molecular flexibility index (Phi) is 8.26. The number of sulfonamides is 1. The Morgan fingerprint density at radius 1 is 1.09 bits per heavy atom. The maximum Gasteiger partial charge on any atom is 0.262 e. The van der Waals surface area contributed by atoms with Crippen LogP contribution in [-0.2, 0) is 10.0 Å². The minimum absolute atomic E-state index is 0.0303. The lowest BCUT2D eigenvalue weighted by Gasteiger charge is -2.12. The van der Waals surface area contributed by atoms with Gasteiger partial charge in [-0.1, -0.05) is 6.07 Å². The molecule has 0 amide bonds. The average Bonchev–Trinajstić information content (AvgIpc) is 3.43. The van der Waals surface area contributed by atoms with Gasteiger partial charge in [0.05, 0.1) is 22.3 Å². The Bertz CT molecular complexity index is 2080. The van der Waals surface area contributed by atoms with Gasteiger partial charge < -0.3 is 15.5 Å². The van der Waals surface area contributed by atoms with Crippen molar-refractivity contribution >= 4 is 44.3 Å². The van der Waals surface area contributed by atoms with Crippen LogP contribution in [0.25, 0.3) is 16.6 Å². The van der Waals surface area contributed by atoms with Crippen LogP contribution in [0.5, 0.6) is 5.75 Å². The summed E-state index contributed by atoms with van der Waals surface area (Å²) in [5, 5.41) is 0.190. The number of benzene rings is 2. The quantitative estimate of drug-likeness (QED) is 0.109. The van der Waals surface area contributed by atoms with E-state index in [-0.39, 0.29) is 22.5 Å². The molecular weight excluding hydrogens is 597 g/mol. The summed E-state index contributed by atoms with van der Waals surface area (Å²) in [5.41, 5.74) is 4.87. The number of ether oxygens (including phenoxy) is 1. The number of allylic oxidation sites excluding steroid dienone is 1. The third-order valence-corrected chi connectivity index (χ3v) is 7.54. The molecule has 0 atom stereocenters. The first-order valence-corrected chi connectivity index (χ1v) is 14.1. The minimum atomic E-state index is -4.48. The SMILES string of the molecule is C=C(N=C/C(=C\N)c1cnc2[nH]cc(C(=O)c3c(F)ccc(NS(=O)(=O)c4cccc(F)c4)c3F)c2c1)Oc1cccnc1. The number of aliphatic imine (C=N–C) groups is 1. The molecule has 0 saturated heterocycles. The van der Waals surface area contributed by atoms with Crippen molar-refractivity contribution in [2.24, 2.45) is 10.7 Å². The van der Waals surface area contributed by atoms with Crippen molar-refractivity contribution in [1.29, 1.82) is 0 Å². The smallest absolute Gasteiger partial charge is 0.262 e. The minimum Gasteiger partial charge on any atom is -0.438 e. The number of hydrogen-bond acceptors (Lipinski definition) is 8. The van der Waals surface area contributed by atoms with Crippen molar-refractivity contribution in [3.63, 3.8) is 0 Å². The summed E-state index contributed by atoms with van der Waals surface area (Å²) in [4.78, 5) is 28.1. The number of fused-ring (bicyclic) bond motifs is 1. The normalized spacial score (nSPS) is 12.0. The first kappa shape index (κ1) is 29.7. The molecule has 0 aliphatic heterocycles.